The Balaban J connectivity index is 2.35. The van der Waals surface area contributed by atoms with Crippen LogP contribution < -0.4 is 14.4 Å². The van der Waals surface area contributed by atoms with E-state index in [1.165, 1.54) is 29.2 Å². The van der Waals surface area contributed by atoms with Crippen molar-refractivity contribution in [2.75, 3.05) is 23.7 Å². The number of hydrogen-bond donors (Lipinski definition) is 1. The number of rotatable bonds is 12. The molecule has 2 amide bonds. The molecule has 1 N–H and O–H groups in total. The van der Waals surface area contributed by atoms with Crippen molar-refractivity contribution >= 4 is 27.5 Å². The molecule has 8 nitrogen and oxygen atoms in total. The Morgan fingerprint density at radius 3 is 2.14 bits per heavy atom. The Hall–Kier alpha value is -3.14. The number of carbonyl (C=O) groups is 2. The number of sulfonamides is 1. The van der Waals surface area contributed by atoms with Gasteiger partial charge in [0.05, 0.1) is 18.6 Å². The summed E-state index contributed by atoms with van der Waals surface area (Å²) in [6.45, 7) is 7.17. The van der Waals surface area contributed by atoms with Crippen molar-refractivity contribution in [3.05, 3.63) is 59.9 Å². The second-order valence-corrected chi connectivity index (χ2v) is 10.2. The molecule has 0 bridgehead atoms. The fourth-order valence-corrected chi connectivity index (χ4v) is 4.17. The molecule has 0 aliphatic rings. The molecule has 35 heavy (non-hydrogen) atoms. The largest absolute Gasteiger partial charge is 0.494 e. The zero-order valence-electron chi connectivity index (χ0n) is 20.8. The van der Waals surface area contributed by atoms with E-state index in [9.17, 15) is 22.4 Å². The lowest BCUT2D eigenvalue weighted by atomic mass is 10.1. The molecule has 0 radical (unpaired) electrons. The second kappa shape index (κ2) is 12.5. The first-order chi connectivity index (χ1) is 16.5. The van der Waals surface area contributed by atoms with Crippen molar-refractivity contribution in [2.45, 2.75) is 52.7 Å². The summed E-state index contributed by atoms with van der Waals surface area (Å²) < 4.78 is 45.0. The van der Waals surface area contributed by atoms with Gasteiger partial charge in [-0.1, -0.05) is 19.1 Å². The number of nitrogens with one attached hydrogen (secondary N) is 1. The summed E-state index contributed by atoms with van der Waals surface area (Å²) in [4.78, 5) is 27.6. The van der Waals surface area contributed by atoms with Crippen LogP contribution in [-0.4, -0.2) is 56.6 Å². The van der Waals surface area contributed by atoms with Crippen LogP contribution in [0.15, 0.2) is 48.5 Å². The Morgan fingerprint density at radius 1 is 1.03 bits per heavy atom. The maximum absolute atomic E-state index is 13.5. The smallest absolute Gasteiger partial charge is 0.244 e. The summed E-state index contributed by atoms with van der Waals surface area (Å²) >= 11 is 0. The Morgan fingerprint density at radius 2 is 1.63 bits per heavy atom. The van der Waals surface area contributed by atoms with Gasteiger partial charge in [0.1, 0.15) is 24.2 Å². The molecule has 0 aliphatic carbocycles. The summed E-state index contributed by atoms with van der Waals surface area (Å²) in [6, 6.07) is 11.0. The van der Waals surface area contributed by atoms with E-state index in [0.29, 0.717) is 30.0 Å². The number of amides is 2. The minimum atomic E-state index is -3.82. The van der Waals surface area contributed by atoms with Crippen LogP contribution in [0.3, 0.4) is 0 Å². The number of ether oxygens (including phenoxy) is 1. The third kappa shape index (κ3) is 8.24. The molecule has 0 spiro atoms. The van der Waals surface area contributed by atoms with Crippen LogP contribution in [0, 0.1) is 5.82 Å². The van der Waals surface area contributed by atoms with Gasteiger partial charge < -0.3 is 15.0 Å². The molecule has 10 heteroatoms. The monoisotopic (exact) mass is 507 g/mol. The van der Waals surface area contributed by atoms with Crippen LogP contribution in [0.4, 0.5) is 10.1 Å². The van der Waals surface area contributed by atoms with Gasteiger partial charge in [-0.25, -0.2) is 12.8 Å². The first kappa shape index (κ1) is 28.1. The quantitative estimate of drug-likeness (QED) is 0.476. The van der Waals surface area contributed by atoms with Gasteiger partial charge in [0, 0.05) is 12.6 Å². The highest BCUT2D eigenvalue weighted by molar-refractivity contribution is 7.92. The molecule has 192 valence electrons. The minimum Gasteiger partial charge on any atom is -0.494 e. The summed E-state index contributed by atoms with van der Waals surface area (Å²) in [7, 11) is -3.82. The van der Waals surface area contributed by atoms with Crippen LogP contribution in [0.1, 0.15) is 39.7 Å². The Labute approximate surface area is 207 Å². The fourth-order valence-electron chi connectivity index (χ4n) is 3.32. The van der Waals surface area contributed by atoms with Crippen molar-refractivity contribution < 1.29 is 27.1 Å². The molecular weight excluding hydrogens is 473 g/mol. The highest BCUT2D eigenvalue weighted by Gasteiger charge is 2.30. The minimum absolute atomic E-state index is 0.00901. The molecule has 0 saturated heterocycles. The average Bonchev–Trinajstić information content (AvgIpc) is 2.81. The maximum Gasteiger partial charge on any atom is 0.244 e. The van der Waals surface area contributed by atoms with Crippen molar-refractivity contribution in [3.8, 4) is 5.75 Å². The fraction of sp³-hybridized carbons (Fsp3) is 0.440. The topological polar surface area (TPSA) is 96.0 Å². The normalized spacial score (nSPS) is 13.0. The average molecular weight is 508 g/mol. The Kier molecular flexibility index (Phi) is 10.1. The van der Waals surface area contributed by atoms with E-state index in [1.807, 2.05) is 20.8 Å². The third-order valence-corrected chi connectivity index (χ3v) is 6.69. The van der Waals surface area contributed by atoms with Gasteiger partial charge in [-0.3, -0.25) is 13.9 Å². The number of benzene rings is 2. The zero-order chi connectivity index (χ0) is 26.2. The van der Waals surface area contributed by atoms with Crippen LogP contribution >= 0.6 is 0 Å². The van der Waals surface area contributed by atoms with Gasteiger partial charge in [0.2, 0.25) is 21.8 Å². The SMILES string of the molecule is CCOc1ccc(N(CC(=O)N(Cc2ccc(F)cc2)C(C)C(=O)NC(C)CC)S(C)(=O)=O)cc1. The summed E-state index contributed by atoms with van der Waals surface area (Å²) in [5.74, 6) is -0.778. The summed E-state index contributed by atoms with van der Waals surface area (Å²) in [5.41, 5.74) is 0.901. The van der Waals surface area contributed by atoms with E-state index in [4.69, 9.17) is 4.74 Å². The molecule has 2 unspecified atom stereocenters. The number of nitrogens with zero attached hydrogens (tertiary/aromatic N) is 2. The lowest BCUT2D eigenvalue weighted by Gasteiger charge is -2.32. The molecular formula is C25H34FN3O5S. The molecule has 2 atom stereocenters. The van der Waals surface area contributed by atoms with E-state index >= 15 is 0 Å². The van der Waals surface area contributed by atoms with E-state index in [0.717, 1.165) is 10.6 Å². The number of carbonyl (C=O) groups excluding carboxylic acids is 2. The van der Waals surface area contributed by atoms with Crippen LogP contribution in [0.5, 0.6) is 5.75 Å². The van der Waals surface area contributed by atoms with Crippen molar-refractivity contribution in [2.24, 2.45) is 0 Å². The Bertz CT molecular complexity index is 1090. The van der Waals surface area contributed by atoms with Gasteiger partial charge in [0.15, 0.2) is 0 Å². The van der Waals surface area contributed by atoms with Crippen molar-refractivity contribution in [3.63, 3.8) is 0 Å². The van der Waals surface area contributed by atoms with Gasteiger partial charge >= 0.3 is 0 Å². The molecule has 2 rings (SSSR count). The molecule has 0 fully saturated rings. The molecule has 0 saturated carbocycles. The van der Waals surface area contributed by atoms with Crippen LogP contribution in [0.2, 0.25) is 0 Å². The predicted octanol–water partition coefficient (Wildman–Crippen LogP) is 3.32. The highest BCUT2D eigenvalue weighted by Crippen LogP contribution is 2.22. The van der Waals surface area contributed by atoms with E-state index < -0.39 is 34.3 Å². The lowest BCUT2D eigenvalue weighted by molar-refractivity contribution is -0.139. The number of halogens is 1. The lowest BCUT2D eigenvalue weighted by Crippen LogP contribution is -2.52. The first-order valence-corrected chi connectivity index (χ1v) is 13.4. The van der Waals surface area contributed by atoms with Gasteiger partial charge in [-0.2, -0.15) is 0 Å². The third-order valence-electron chi connectivity index (χ3n) is 5.55. The zero-order valence-corrected chi connectivity index (χ0v) is 21.6. The number of anilines is 1. The van der Waals surface area contributed by atoms with E-state index in [2.05, 4.69) is 5.32 Å². The van der Waals surface area contributed by atoms with Crippen molar-refractivity contribution in [1.29, 1.82) is 0 Å². The highest BCUT2D eigenvalue weighted by atomic mass is 32.2. The van der Waals surface area contributed by atoms with E-state index in [-0.39, 0.29) is 18.5 Å². The standard InChI is InChI=1S/C25H34FN3O5S/c1-6-18(3)27-25(31)19(4)28(16-20-8-10-21(26)11-9-20)24(30)17-29(35(5,32)33)22-12-14-23(15-13-22)34-7-2/h8-15,18-19H,6-7,16-17H2,1-5H3,(H,27,31). The molecule has 0 aromatic heterocycles. The molecule has 0 heterocycles. The van der Waals surface area contributed by atoms with Gasteiger partial charge in [-0.15, -0.1) is 0 Å². The maximum atomic E-state index is 13.5. The second-order valence-electron chi connectivity index (χ2n) is 8.34. The summed E-state index contributed by atoms with van der Waals surface area (Å²) in [6.07, 6.45) is 1.73. The first-order valence-electron chi connectivity index (χ1n) is 11.5. The predicted molar refractivity (Wildman–Crippen MR) is 134 cm³/mol. The van der Waals surface area contributed by atoms with Crippen LogP contribution in [-0.2, 0) is 26.2 Å². The molecule has 2 aromatic rings. The van der Waals surface area contributed by atoms with Gasteiger partial charge in [-0.05, 0) is 69.2 Å². The van der Waals surface area contributed by atoms with E-state index in [1.54, 1.807) is 31.2 Å². The van der Waals surface area contributed by atoms with Crippen molar-refractivity contribution in [1.82, 2.24) is 10.2 Å². The molecule has 0 aliphatic heterocycles. The summed E-state index contributed by atoms with van der Waals surface area (Å²) in [5, 5.41) is 2.85. The number of hydrogen-bond acceptors (Lipinski definition) is 5. The molecule has 2 aromatic carbocycles. The van der Waals surface area contributed by atoms with Gasteiger partial charge in [0.25, 0.3) is 0 Å². The van der Waals surface area contributed by atoms with Crippen LogP contribution in [0.25, 0.3) is 0 Å².